The number of benzene rings is 1. The number of esters is 2. The number of carbonyl (C=O) groups is 2. The van der Waals surface area contributed by atoms with E-state index in [9.17, 15) is 19.2 Å². The Bertz CT molecular complexity index is 1310. The van der Waals surface area contributed by atoms with Crippen LogP contribution in [0.3, 0.4) is 0 Å². The molecule has 0 radical (unpaired) electrons. The summed E-state index contributed by atoms with van der Waals surface area (Å²) in [5.74, 6) is -1.05. The largest absolute Gasteiger partial charge is 0.463 e. The molecular formula is C20H18ClN3O7S. The lowest BCUT2D eigenvalue weighted by molar-refractivity contribution is -0.155. The van der Waals surface area contributed by atoms with Gasteiger partial charge in [0.1, 0.15) is 30.1 Å². The Kier molecular flexibility index (Phi) is 6.13. The van der Waals surface area contributed by atoms with Crippen LogP contribution in [-0.4, -0.2) is 45.3 Å². The maximum atomic E-state index is 12.5. The molecule has 1 aromatic carbocycles. The first-order valence-corrected chi connectivity index (χ1v) is 10.8. The van der Waals surface area contributed by atoms with Crippen molar-refractivity contribution in [2.75, 3.05) is 6.61 Å². The van der Waals surface area contributed by atoms with Gasteiger partial charge in [0, 0.05) is 31.5 Å². The van der Waals surface area contributed by atoms with Gasteiger partial charge in [0.25, 0.3) is 5.56 Å². The highest BCUT2D eigenvalue weighted by atomic mass is 35.5. The second-order valence-corrected chi connectivity index (χ2v) is 8.62. The molecule has 1 fully saturated rings. The van der Waals surface area contributed by atoms with Crippen LogP contribution >= 0.6 is 22.9 Å². The van der Waals surface area contributed by atoms with Gasteiger partial charge in [-0.3, -0.25) is 23.9 Å². The first kappa shape index (κ1) is 22.2. The minimum Gasteiger partial charge on any atom is -0.463 e. The van der Waals surface area contributed by atoms with E-state index in [0.717, 1.165) is 4.70 Å². The molecule has 0 aliphatic carbocycles. The Morgan fingerprint density at radius 1 is 1.31 bits per heavy atom. The molecule has 168 valence electrons. The quantitative estimate of drug-likeness (QED) is 0.551. The highest BCUT2D eigenvalue weighted by molar-refractivity contribution is 7.21. The molecule has 1 saturated heterocycles. The molecule has 1 N–H and O–H groups in total. The van der Waals surface area contributed by atoms with Crippen LogP contribution in [0.2, 0.25) is 5.02 Å². The third-order valence-electron chi connectivity index (χ3n) is 4.81. The first-order valence-electron chi connectivity index (χ1n) is 9.59. The molecule has 1 aliphatic heterocycles. The zero-order valence-electron chi connectivity index (χ0n) is 17.0. The first-order chi connectivity index (χ1) is 15.2. The summed E-state index contributed by atoms with van der Waals surface area (Å²) in [6.45, 7) is 2.35. The molecule has 3 heterocycles. The lowest BCUT2D eigenvalue weighted by Gasteiger charge is -2.17. The zero-order valence-corrected chi connectivity index (χ0v) is 18.6. The summed E-state index contributed by atoms with van der Waals surface area (Å²) in [5.41, 5.74) is -0.480. The number of nitrogens with zero attached hydrogens (tertiary/aromatic N) is 2. The van der Waals surface area contributed by atoms with Gasteiger partial charge in [0.05, 0.1) is 15.8 Å². The number of ether oxygens (including phenoxy) is 3. The molecule has 12 heteroatoms. The number of fused-ring (bicyclic) bond motifs is 1. The molecule has 32 heavy (non-hydrogen) atoms. The van der Waals surface area contributed by atoms with Crippen LogP contribution in [-0.2, 0) is 23.8 Å². The predicted molar refractivity (Wildman–Crippen MR) is 116 cm³/mol. The molecule has 2 aromatic heterocycles. The predicted octanol–water partition coefficient (Wildman–Crippen LogP) is 2.25. The van der Waals surface area contributed by atoms with E-state index < -0.39 is 41.6 Å². The topological polar surface area (TPSA) is 130 Å². The molecule has 0 bridgehead atoms. The fourth-order valence-electron chi connectivity index (χ4n) is 3.43. The van der Waals surface area contributed by atoms with Crippen molar-refractivity contribution in [2.24, 2.45) is 0 Å². The van der Waals surface area contributed by atoms with Gasteiger partial charge in [-0.2, -0.15) is 0 Å². The van der Waals surface area contributed by atoms with Gasteiger partial charge in [-0.1, -0.05) is 11.6 Å². The van der Waals surface area contributed by atoms with Crippen LogP contribution in [0.25, 0.3) is 20.8 Å². The average molecular weight is 480 g/mol. The van der Waals surface area contributed by atoms with Crippen molar-refractivity contribution in [3.63, 3.8) is 0 Å². The smallest absolute Gasteiger partial charge is 0.330 e. The monoisotopic (exact) mass is 479 g/mol. The fourth-order valence-corrected chi connectivity index (χ4v) is 4.54. The summed E-state index contributed by atoms with van der Waals surface area (Å²) >= 11 is 7.29. The van der Waals surface area contributed by atoms with E-state index in [-0.39, 0.29) is 18.6 Å². The van der Waals surface area contributed by atoms with Crippen molar-refractivity contribution in [3.05, 3.63) is 50.3 Å². The Morgan fingerprint density at radius 3 is 2.81 bits per heavy atom. The number of H-pyrrole nitrogens is 1. The average Bonchev–Trinajstić information content (AvgIpc) is 3.29. The third-order valence-corrected chi connectivity index (χ3v) is 6.11. The number of aromatic nitrogens is 3. The van der Waals surface area contributed by atoms with E-state index >= 15 is 0 Å². The van der Waals surface area contributed by atoms with Crippen molar-refractivity contribution in [2.45, 2.75) is 38.7 Å². The summed E-state index contributed by atoms with van der Waals surface area (Å²) in [6.07, 6.45) is -0.855. The van der Waals surface area contributed by atoms with E-state index in [1.54, 1.807) is 18.2 Å². The molecule has 0 amide bonds. The normalized spacial score (nSPS) is 20.4. The van der Waals surface area contributed by atoms with Gasteiger partial charge in [-0.05, 0) is 18.2 Å². The van der Waals surface area contributed by atoms with Crippen molar-refractivity contribution in [1.29, 1.82) is 0 Å². The number of hydrogen-bond donors (Lipinski definition) is 1. The third kappa shape index (κ3) is 4.59. The fraction of sp³-hybridized carbons (Fsp3) is 0.350. The summed E-state index contributed by atoms with van der Waals surface area (Å²) < 4.78 is 18.1. The number of rotatable bonds is 5. The minimum atomic E-state index is -0.855. The number of thiazole rings is 1. The molecular weight excluding hydrogens is 462 g/mol. The molecule has 0 unspecified atom stereocenters. The van der Waals surface area contributed by atoms with Crippen molar-refractivity contribution >= 4 is 45.1 Å². The van der Waals surface area contributed by atoms with E-state index in [4.69, 9.17) is 25.8 Å². The van der Waals surface area contributed by atoms with Gasteiger partial charge in [-0.15, -0.1) is 11.3 Å². The number of halogens is 1. The molecule has 0 spiro atoms. The number of aromatic amines is 1. The zero-order chi connectivity index (χ0) is 23.0. The van der Waals surface area contributed by atoms with Crippen LogP contribution in [0.5, 0.6) is 0 Å². The van der Waals surface area contributed by atoms with Crippen LogP contribution in [0.15, 0.2) is 34.0 Å². The Hall–Kier alpha value is -3.02. The number of carbonyl (C=O) groups excluding carboxylic acids is 2. The van der Waals surface area contributed by atoms with E-state index in [1.807, 2.05) is 0 Å². The van der Waals surface area contributed by atoms with Crippen LogP contribution in [0, 0.1) is 0 Å². The molecule has 4 rings (SSSR count). The SMILES string of the molecule is CC(=O)OC[C@H]1O[C@@H](n2cc(-c3nc4cc(Cl)ccc4s3)c(=O)[nH]c2=O)C[C@@H]1OC(C)=O. The van der Waals surface area contributed by atoms with Crippen molar-refractivity contribution < 1.29 is 23.8 Å². The van der Waals surface area contributed by atoms with Gasteiger partial charge in [0.2, 0.25) is 0 Å². The van der Waals surface area contributed by atoms with E-state index in [2.05, 4.69) is 9.97 Å². The van der Waals surface area contributed by atoms with Crippen LogP contribution in [0.4, 0.5) is 0 Å². The maximum absolute atomic E-state index is 12.5. The van der Waals surface area contributed by atoms with Crippen molar-refractivity contribution in [1.82, 2.24) is 14.5 Å². The van der Waals surface area contributed by atoms with Crippen LogP contribution < -0.4 is 11.2 Å². The Balaban J connectivity index is 1.68. The highest BCUT2D eigenvalue weighted by Gasteiger charge is 2.39. The van der Waals surface area contributed by atoms with E-state index in [1.165, 1.54) is 35.9 Å². The van der Waals surface area contributed by atoms with Gasteiger partial charge >= 0.3 is 17.6 Å². The standard InChI is InChI=1S/C20H18ClN3O7S/c1-9(25)29-8-15-14(30-10(2)26)6-17(31-15)24-7-12(18(27)23-20(24)28)19-22-13-5-11(21)3-4-16(13)32-19/h3-5,7,14-15,17H,6,8H2,1-2H3,(H,23,27,28)/t14-,15+,17+/m0/s1. The van der Waals surface area contributed by atoms with Crippen LogP contribution in [0.1, 0.15) is 26.5 Å². The summed E-state index contributed by atoms with van der Waals surface area (Å²) in [7, 11) is 0. The summed E-state index contributed by atoms with van der Waals surface area (Å²) in [5, 5.41) is 0.922. The van der Waals surface area contributed by atoms with Gasteiger partial charge in [-0.25, -0.2) is 9.78 Å². The molecule has 3 atom stereocenters. The molecule has 10 nitrogen and oxygen atoms in total. The summed E-state index contributed by atoms with van der Waals surface area (Å²) in [6, 6.07) is 5.21. The summed E-state index contributed by atoms with van der Waals surface area (Å²) in [4.78, 5) is 54.4. The second-order valence-electron chi connectivity index (χ2n) is 7.16. The van der Waals surface area contributed by atoms with Crippen molar-refractivity contribution in [3.8, 4) is 10.6 Å². The lowest BCUT2D eigenvalue weighted by atomic mass is 10.2. The molecule has 3 aromatic rings. The highest BCUT2D eigenvalue weighted by Crippen LogP contribution is 2.33. The van der Waals surface area contributed by atoms with E-state index in [0.29, 0.717) is 15.5 Å². The van der Waals surface area contributed by atoms with Gasteiger partial charge < -0.3 is 14.2 Å². The Morgan fingerprint density at radius 2 is 2.09 bits per heavy atom. The minimum absolute atomic E-state index is 0.131. The number of nitrogens with one attached hydrogen (secondary N) is 1. The molecule has 1 aliphatic rings. The molecule has 0 saturated carbocycles. The Labute approximate surface area is 189 Å². The number of hydrogen-bond acceptors (Lipinski definition) is 9. The maximum Gasteiger partial charge on any atom is 0.330 e. The van der Waals surface area contributed by atoms with Gasteiger partial charge in [0.15, 0.2) is 0 Å². The second kappa shape index (κ2) is 8.85. The lowest BCUT2D eigenvalue weighted by Crippen LogP contribution is -2.33.